The van der Waals surface area contributed by atoms with Crippen LogP contribution in [0.2, 0.25) is 0 Å². The molecule has 2 N–H and O–H groups in total. The minimum Gasteiger partial charge on any atom is -0.508 e. The number of amides is 1. The number of hydrogen-bond donors (Lipinski definition) is 2. The number of carbonyl (C=O) groups excluding carboxylic acids is 1. The van der Waals surface area contributed by atoms with E-state index in [9.17, 15) is 9.90 Å². The Balaban J connectivity index is 0.00000242. The fourth-order valence-corrected chi connectivity index (χ4v) is 2.74. The number of carbonyl (C=O) groups is 1. The predicted octanol–water partition coefficient (Wildman–Crippen LogP) is 1.74. The third-order valence-electron chi connectivity index (χ3n) is 3.93. The minimum atomic E-state index is 0. The van der Waals surface area contributed by atoms with Gasteiger partial charge in [-0.15, -0.1) is 24.8 Å². The Hall–Kier alpha value is -1.01. The highest BCUT2D eigenvalue weighted by Gasteiger charge is 2.24. The van der Waals surface area contributed by atoms with Gasteiger partial charge in [-0.1, -0.05) is 19.1 Å². The number of rotatable bonds is 5. The van der Waals surface area contributed by atoms with Crippen molar-refractivity contribution in [1.29, 1.82) is 0 Å². The van der Waals surface area contributed by atoms with E-state index in [1.54, 1.807) is 12.1 Å². The van der Waals surface area contributed by atoms with Gasteiger partial charge in [0, 0.05) is 45.2 Å². The van der Waals surface area contributed by atoms with E-state index in [-0.39, 0.29) is 36.6 Å². The van der Waals surface area contributed by atoms with Crippen molar-refractivity contribution >= 4 is 30.7 Å². The molecular formula is C16H27Cl2N3O2. The number of aromatic hydroxyl groups is 1. The summed E-state index contributed by atoms with van der Waals surface area (Å²) in [5, 5.41) is 12.5. The molecule has 0 saturated carbocycles. The number of phenols is 1. The third kappa shape index (κ3) is 6.55. The maximum atomic E-state index is 12.2. The molecule has 1 atom stereocenters. The Kier molecular flexibility index (Phi) is 10.2. The topological polar surface area (TPSA) is 55.8 Å². The highest BCUT2D eigenvalue weighted by atomic mass is 35.5. The van der Waals surface area contributed by atoms with Crippen LogP contribution in [-0.4, -0.2) is 60.6 Å². The molecule has 2 rings (SSSR count). The van der Waals surface area contributed by atoms with Crippen LogP contribution < -0.4 is 5.32 Å². The van der Waals surface area contributed by atoms with Gasteiger partial charge in [0.05, 0.1) is 0 Å². The molecule has 1 fully saturated rings. The normalized spacial score (nSPS) is 16.2. The van der Waals surface area contributed by atoms with Gasteiger partial charge in [0.1, 0.15) is 5.75 Å². The van der Waals surface area contributed by atoms with Crippen LogP contribution in [0.15, 0.2) is 24.3 Å². The second-order valence-corrected chi connectivity index (χ2v) is 5.73. The summed E-state index contributed by atoms with van der Waals surface area (Å²) in [6.45, 7) is 6.85. The molecule has 0 bridgehead atoms. The van der Waals surface area contributed by atoms with Crippen LogP contribution in [-0.2, 0) is 11.3 Å². The first-order valence-corrected chi connectivity index (χ1v) is 7.54. The first kappa shape index (κ1) is 22.0. The standard InChI is InChI=1S/C16H25N3O2.2ClH/c1-13(11-17-2)16(21)19-8-6-18(7-9-19)12-14-4-3-5-15(20)10-14;;/h3-5,10,13,17,20H,6-9,11-12H2,1-2H3;2*1H. The molecule has 5 nitrogen and oxygen atoms in total. The van der Waals surface area contributed by atoms with Crippen molar-refractivity contribution in [2.24, 2.45) is 5.92 Å². The Morgan fingerprint density at radius 1 is 1.26 bits per heavy atom. The van der Waals surface area contributed by atoms with Crippen molar-refractivity contribution in [1.82, 2.24) is 15.1 Å². The zero-order chi connectivity index (χ0) is 15.2. The monoisotopic (exact) mass is 363 g/mol. The summed E-state index contributed by atoms with van der Waals surface area (Å²) in [5.74, 6) is 0.580. The van der Waals surface area contributed by atoms with Crippen LogP contribution in [0.4, 0.5) is 0 Å². The molecule has 1 aromatic rings. The van der Waals surface area contributed by atoms with E-state index < -0.39 is 0 Å². The van der Waals surface area contributed by atoms with Crippen LogP contribution in [0.25, 0.3) is 0 Å². The minimum absolute atomic E-state index is 0. The number of halogens is 2. The highest BCUT2D eigenvalue weighted by molar-refractivity contribution is 5.85. The molecule has 0 radical (unpaired) electrons. The molecule has 0 aliphatic carbocycles. The smallest absolute Gasteiger partial charge is 0.226 e. The lowest BCUT2D eigenvalue weighted by atomic mass is 10.1. The van der Waals surface area contributed by atoms with Crippen molar-refractivity contribution in [3.8, 4) is 5.75 Å². The molecule has 0 spiro atoms. The molecular weight excluding hydrogens is 337 g/mol. The van der Waals surface area contributed by atoms with Crippen molar-refractivity contribution in [2.45, 2.75) is 13.5 Å². The van der Waals surface area contributed by atoms with Gasteiger partial charge in [-0.25, -0.2) is 0 Å². The van der Waals surface area contributed by atoms with E-state index in [4.69, 9.17) is 0 Å². The number of hydrogen-bond acceptors (Lipinski definition) is 4. The number of piperazine rings is 1. The zero-order valence-electron chi connectivity index (χ0n) is 13.7. The fraction of sp³-hybridized carbons (Fsp3) is 0.562. The maximum absolute atomic E-state index is 12.2. The molecule has 132 valence electrons. The van der Waals surface area contributed by atoms with Gasteiger partial charge < -0.3 is 15.3 Å². The van der Waals surface area contributed by atoms with E-state index in [1.165, 1.54) is 0 Å². The molecule has 0 aromatic heterocycles. The Morgan fingerprint density at radius 3 is 2.48 bits per heavy atom. The van der Waals surface area contributed by atoms with E-state index in [2.05, 4.69) is 10.2 Å². The number of nitrogens with zero attached hydrogens (tertiary/aromatic N) is 2. The molecule has 1 heterocycles. The van der Waals surface area contributed by atoms with E-state index in [0.717, 1.165) is 44.8 Å². The molecule has 1 aliphatic heterocycles. The lowest BCUT2D eigenvalue weighted by Crippen LogP contribution is -2.50. The van der Waals surface area contributed by atoms with Gasteiger partial charge in [-0.2, -0.15) is 0 Å². The summed E-state index contributed by atoms with van der Waals surface area (Å²) in [7, 11) is 1.87. The lowest BCUT2D eigenvalue weighted by Gasteiger charge is -2.36. The first-order valence-electron chi connectivity index (χ1n) is 7.54. The van der Waals surface area contributed by atoms with Crippen molar-refractivity contribution in [2.75, 3.05) is 39.8 Å². The maximum Gasteiger partial charge on any atom is 0.226 e. The Bertz CT molecular complexity index is 480. The first-order chi connectivity index (χ1) is 10.1. The summed E-state index contributed by atoms with van der Waals surface area (Å²) >= 11 is 0. The van der Waals surface area contributed by atoms with E-state index >= 15 is 0 Å². The molecule has 7 heteroatoms. The summed E-state index contributed by atoms with van der Waals surface area (Å²) in [4.78, 5) is 16.5. The summed E-state index contributed by atoms with van der Waals surface area (Å²) in [6, 6.07) is 7.37. The Morgan fingerprint density at radius 2 is 1.91 bits per heavy atom. The zero-order valence-corrected chi connectivity index (χ0v) is 15.3. The summed E-state index contributed by atoms with van der Waals surface area (Å²) in [6.07, 6.45) is 0. The SMILES string of the molecule is CNCC(C)C(=O)N1CCN(Cc2cccc(O)c2)CC1.Cl.Cl. The highest BCUT2D eigenvalue weighted by Crippen LogP contribution is 2.15. The van der Waals surface area contributed by atoms with Gasteiger partial charge in [-0.05, 0) is 24.7 Å². The van der Waals surface area contributed by atoms with E-state index in [0.29, 0.717) is 5.75 Å². The fourth-order valence-electron chi connectivity index (χ4n) is 2.74. The molecule has 1 aliphatic rings. The van der Waals surface area contributed by atoms with Crippen LogP contribution >= 0.6 is 24.8 Å². The van der Waals surface area contributed by atoms with Gasteiger partial charge >= 0.3 is 0 Å². The van der Waals surface area contributed by atoms with Gasteiger partial charge in [-0.3, -0.25) is 9.69 Å². The molecule has 1 unspecified atom stereocenters. The number of phenolic OH excluding ortho intramolecular Hbond substituents is 1. The van der Waals surface area contributed by atoms with Crippen LogP contribution in [0.5, 0.6) is 5.75 Å². The number of benzene rings is 1. The van der Waals surface area contributed by atoms with Gasteiger partial charge in [0.25, 0.3) is 0 Å². The third-order valence-corrected chi connectivity index (χ3v) is 3.93. The predicted molar refractivity (Wildman–Crippen MR) is 97.6 cm³/mol. The van der Waals surface area contributed by atoms with E-state index in [1.807, 2.05) is 31.0 Å². The van der Waals surface area contributed by atoms with Crippen molar-refractivity contribution < 1.29 is 9.90 Å². The van der Waals surface area contributed by atoms with Crippen LogP contribution in [0.3, 0.4) is 0 Å². The molecule has 1 aromatic carbocycles. The van der Waals surface area contributed by atoms with Gasteiger partial charge in [0.2, 0.25) is 5.91 Å². The van der Waals surface area contributed by atoms with Crippen LogP contribution in [0, 0.1) is 5.92 Å². The number of nitrogens with one attached hydrogen (secondary N) is 1. The van der Waals surface area contributed by atoms with Gasteiger partial charge in [0.15, 0.2) is 0 Å². The summed E-state index contributed by atoms with van der Waals surface area (Å²) < 4.78 is 0. The quantitative estimate of drug-likeness (QED) is 0.836. The summed E-state index contributed by atoms with van der Waals surface area (Å²) in [5.41, 5.74) is 1.11. The molecule has 23 heavy (non-hydrogen) atoms. The average Bonchev–Trinajstić information content (AvgIpc) is 2.47. The second kappa shape index (κ2) is 10.7. The van der Waals surface area contributed by atoms with Crippen LogP contribution in [0.1, 0.15) is 12.5 Å². The Labute approximate surface area is 150 Å². The lowest BCUT2D eigenvalue weighted by molar-refractivity contribution is -0.136. The van der Waals surface area contributed by atoms with Crippen molar-refractivity contribution in [3.63, 3.8) is 0 Å². The average molecular weight is 364 g/mol. The second-order valence-electron chi connectivity index (χ2n) is 5.73. The molecule has 1 saturated heterocycles. The van der Waals surface area contributed by atoms with Crippen molar-refractivity contribution in [3.05, 3.63) is 29.8 Å². The largest absolute Gasteiger partial charge is 0.508 e. The molecule has 1 amide bonds.